The van der Waals surface area contributed by atoms with Gasteiger partial charge in [0.05, 0.1) is 5.60 Å². The average Bonchev–Trinajstić information content (AvgIpc) is 1.92. The summed E-state index contributed by atoms with van der Waals surface area (Å²) in [6, 6.07) is 3.36. The summed E-state index contributed by atoms with van der Waals surface area (Å²) in [5, 5.41) is 9.42. The number of hydrogen-bond acceptors (Lipinski definition) is 1. The molecule has 0 aliphatic rings. The standard InChI is InChI=1S/C9H10F2O/c1-9(2,12)6-3-4-7(10)8(11)5-6/h3-5,12H,1-2H3. The lowest BCUT2D eigenvalue weighted by Gasteiger charge is -2.17. The molecule has 0 bridgehead atoms. The minimum atomic E-state index is -1.13. The largest absolute Gasteiger partial charge is 0.386 e. The van der Waals surface area contributed by atoms with Crippen molar-refractivity contribution in [2.75, 3.05) is 0 Å². The summed E-state index contributed by atoms with van der Waals surface area (Å²) >= 11 is 0. The maximum absolute atomic E-state index is 12.6. The summed E-state index contributed by atoms with van der Waals surface area (Å²) in [6.07, 6.45) is 0. The molecule has 0 aromatic heterocycles. The van der Waals surface area contributed by atoms with Crippen LogP contribution in [-0.2, 0) is 5.60 Å². The Morgan fingerprint density at radius 1 is 1.17 bits per heavy atom. The van der Waals surface area contributed by atoms with Gasteiger partial charge in [-0.1, -0.05) is 6.07 Å². The summed E-state index contributed by atoms with van der Waals surface area (Å²) < 4.78 is 25.1. The zero-order valence-corrected chi connectivity index (χ0v) is 6.94. The second-order valence-electron chi connectivity index (χ2n) is 3.19. The zero-order chi connectivity index (χ0) is 9.35. The van der Waals surface area contributed by atoms with Crippen LogP contribution in [0.4, 0.5) is 8.78 Å². The topological polar surface area (TPSA) is 20.2 Å². The van der Waals surface area contributed by atoms with E-state index in [9.17, 15) is 13.9 Å². The van der Waals surface area contributed by atoms with E-state index < -0.39 is 17.2 Å². The molecule has 66 valence electrons. The second-order valence-corrected chi connectivity index (χ2v) is 3.19. The van der Waals surface area contributed by atoms with Crippen LogP contribution in [0.1, 0.15) is 19.4 Å². The Balaban J connectivity index is 3.14. The van der Waals surface area contributed by atoms with Crippen molar-refractivity contribution in [1.82, 2.24) is 0 Å². The van der Waals surface area contributed by atoms with E-state index in [-0.39, 0.29) is 0 Å². The van der Waals surface area contributed by atoms with Gasteiger partial charge in [-0.15, -0.1) is 0 Å². The first kappa shape index (κ1) is 9.13. The summed E-state index contributed by atoms with van der Waals surface area (Å²) in [7, 11) is 0. The van der Waals surface area contributed by atoms with Gasteiger partial charge >= 0.3 is 0 Å². The van der Waals surface area contributed by atoms with Crippen LogP contribution in [0.5, 0.6) is 0 Å². The molecular formula is C9H10F2O. The van der Waals surface area contributed by atoms with Gasteiger partial charge in [0.25, 0.3) is 0 Å². The van der Waals surface area contributed by atoms with Crippen molar-refractivity contribution in [3.05, 3.63) is 35.4 Å². The van der Waals surface area contributed by atoms with Crippen molar-refractivity contribution in [3.63, 3.8) is 0 Å². The van der Waals surface area contributed by atoms with Gasteiger partial charge < -0.3 is 5.11 Å². The SMILES string of the molecule is CC(C)(O)c1ccc(F)c(F)c1. The van der Waals surface area contributed by atoms with Crippen molar-refractivity contribution in [2.45, 2.75) is 19.4 Å². The van der Waals surface area contributed by atoms with Crippen molar-refractivity contribution in [3.8, 4) is 0 Å². The molecule has 0 saturated heterocycles. The molecule has 0 fully saturated rings. The molecule has 3 heteroatoms. The third-order valence-electron chi connectivity index (χ3n) is 1.63. The molecule has 0 heterocycles. The van der Waals surface area contributed by atoms with E-state index in [2.05, 4.69) is 0 Å². The van der Waals surface area contributed by atoms with Gasteiger partial charge in [-0.25, -0.2) is 8.78 Å². The molecule has 12 heavy (non-hydrogen) atoms. The summed E-state index contributed by atoms with van der Waals surface area (Å²) in [4.78, 5) is 0. The molecular weight excluding hydrogens is 162 g/mol. The molecule has 0 unspecified atom stereocenters. The Hall–Kier alpha value is -0.960. The maximum atomic E-state index is 12.6. The van der Waals surface area contributed by atoms with Gasteiger partial charge in [0.1, 0.15) is 0 Å². The lowest BCUT2D eigenvalue weighted by Crippen LogP contribution is -2.15. The Morgan fingerprint density at radius 2 is 1.75 bits per heavy atom. The molecule has 0 aliphatic heterocycles. The van der Waals surface area contributed by atoms with Crippen molar-refractivity contribution < 1.29 is 13.9 Å². The van der Waals surface area contributed by atoms with Gasteiger partial charge in [0.2, 0.25) is 0 Å². The fourth-order valence-corrected chi connectivity index (χ4v) is 0.877. The highest BCUT2D eigenvalue weighted by Crippen LogP contribution is 2.20. The summed E-state index contributed by atoms with van der Waals surface area (Å²) in [5.74, 6) is -1.84. The van der Waals surface area contributed by atoms with Crippen molar-refractivity contribution >= 4 is 0 Å². The van der Waals surface area contributed by atoms with Gasteiger partial charge in [0, 0.05) is 0 Å². The molecule has 0 spiro atoms. The van der Waals surface area contributed by atoms with Crippen LogP contribution in [-0.4, -0.2) is 5.11 Å². The third-order valence-corrected chi connectivity index (χ3v) is 1.63. The van der Waals surface area contributed by atoms with E-state index in [0.29, 0.717) is 5.56 Å². The van der Waals surface area contributed by atoms with E-state index >= 15 is 0 Å². The molecule has 1 rings (SSSR count). The normalized spacial score (nSPS) is 11.8. The number of rotatable bonds is 1. The minimum Gasteiger partial charge on any atom is -0.386 e. The Bertz CT molecular complexity index is 289. The molecule has 1 N–H and O–H groups in total. The molecule has 0 radical (unpaired) electrons. The van der Waals surface area contributed by atoms with Crippen molar-refractivity contribution in [1.29, 1.82) is 0 Å². The quantitative estimate of drug-likeness (QED) is 0.688. The number of hydrogen-bond donors (Lipinski definition) is 1. The Labute approximate surface area is 69.7 Å². The predicted octanol–water partition coefficient (Wildman–Crippen LogP) is 2.19. The van der Waals surface area contributed by atoms with Crippen LogP contribution in [0.3, 0.4) is 0 Å². The van der Waals surface area contributed by atoms with Gasteiger partial charge in [-0.3, -0.25) is 0 Å². The monoisotopic (exact) mass is 172 g/mol. The van der Waals surface area contributed by atoms with Gasteiger partial charge in [-0.05, 0) is 31.5 Å². The first-order valence-electron chi connectivity index (χ1n) is 3.59. The zero-order valence-electron chi connectivity index (χ0n) is 6.94. The van der Waals surface area contributed by atoms with Gasteiger partial charge in [0.15, 0.2) is 11.6 Å². The first-order chi connectivity index (χ1) is 5.41. The molecule has 1 aromatic carbocycles. The lowest BCUT2D eigenvalue weighted by atomic mass is 9.98. The second kappa shape index (κ2) is 2.83. The fourth-order valence-electron chi connectivity index (χ4n) is 0.877. The highest BCUT2D eigenvalue weighted by Gasteiger charge is 2.17. The molecule has 0 aliphatic carbocycles. The molecule has 0 saturated carbocycles. The minimum absolute atomic E-state index is 0.362. The van der Waals surface area contributed by atoms with Crippen LogP contribution in [0.2, 0.25) is 0 Å². The smallest absolute Gasteiger partial charge is 0.159 e. The lowest BCUT2D eigenvalue weighted by molar-refractivity contribution is 0.0781. The Kier molecular flexibility index (Phi) is 2.15. The summed E-state index contributed by atoms with van der Waals surface area (Å²) in [5.41, 5.74) is -0.768. The Morgan fingerprint density at radius 3 is 2.17 bits per heavy atom. The van der Waals surface area contributed by atoms with E-state index in [1.54, 1.807) is 0 Å². The first-order valence-corrected chi connectivity index (χ1v) is 3.59. The number of aliphatic hydroxyl groups is 1. The summed E-state index contributed by atoms with van der Waals surface area (Å²) in [6.45, 7) is 3.03. The van der Waals surface area contributed by atoms with E-state index in [4.69, 9.17) is 0 Å². The highest BCUT2D eigenvalue weighted by molar-refractivity contribution is 5.22. The molecule has 1 nitrogen and oxygen atoms in total. The number of halogens is 2. The van der Waals surface area contributed by atoms with Crippen LogP contribution in [0, 0.1) is 11.6 Å². The molecule has 0 amide bonds. The van der Waals surface area contributed by atoms with E-state index in [0.717, 1.165) is 12.1 Å². The molecule has 0 atom stereocenters. The molecule has 1 aromatic rings. The van der Waals surface area contributed by atoms with E-state index in [1.165, 1.54) is 19.9 Å². The van der Waals surface area contributed by atoms with E-state index in [1.807, 2.05) is 0 Å². The fraction of sp³-hybridized carbons (Fsp3) is 0.333. The predicted molar refractivity (Wildman–Crippen MR) is 41.6 cm³/mol. The van der Waals surface area contributed by atoms with Crippen LogP contribution < -0.4 is 0 Å². The average molecular weight is 172 g/mol. The van der Waals surface area contributed by atoms with Crippen molar-refractivity contribution in [2.24, 2.45) is 0 Å². The van der Waals surface area contributed by atoms with Crippen LogP contribution >= 0.6 is 0 Å². The van der Waals surface area contributed by atoms with Crippen LogP contribution in [0.25, 0.3) is 0 Å². The van der Waals surface area contributed by atoms with Gasteiger partial charge in [-0.2, -0.15) is 0 Å². The van der Waals surface area contributed by atoms with Crippen LogP contribution in [0.15, 0.2) is 18.2 Å². The third kappa shape index (κ3) is 1.80. The highest BCUT2D eigenvalue weighted by atomic mass is 19.2. The maximum Gasteiger partial charge on any atom is 0.159 e. The number of benzene rings is 1.